The second kappa shape index (κ2) is 8.37. The maximum absolute atomic E-state index is 8.97. The van der Waals surface area contributed by atoms with E-state index in [-0.39, 0.29) is 0 Å². The molecule has 0 heterocycles. The van der Waals surface area contributed by atoms with Crippen molar-refractivity contribution >= 4 is 11.4 Å². The van der Waals surface area contributed by atoms with Gasteiger partial charge in [0.2, 0.25) is 0 Å². The number of nitriles is 1. The van der Waals surface area contributed by atoms with E-state index in [0.717, 1.165) is 44.7 Å². The van der Waals surface area contributed by atoms with Crippen LogP contribution in [-0.4, -0.2) is 19.8 Å². The van der Waals surface area contributed by atoms with Crippen LogP contribution in [0.3, 0.4) is 0 Å². The molecule has 0 atom stereocenters. The Morgan fingerprint density at radius 1 is 1.33 bits per heavy atom. The fraction of sp³-hybridized carbons (Fsp3) is 0.500. The predicted molar refractivity (Wildman–Crippen MR) is 74.4 cm³/mol. The number of nitrogens with zero attached hydrogens (tertiary/aromatic N) is 1. The van der Waals surface area contributed by atoms with Crippen LogP contribution in [0.15, 0.2) is 18.2 Å². The average molecular weight is 247 g/mol. The van der Waals surface area contributed by atoms with Crippen molar-refractivity contribution in [2.24, 2.45) is 0 Å². The normalized spacial score (nSPS) is 10.0. The van der Waals surface area contributed by atoms with Crippen LogP contribution in [0.1, 0.15) is 31.7 Å². The first kappa shape index (κ1) is 14.3. The van der Waals surface area contributed by atoms with Gasteiger partial charge in [-0.3, -0.25) is 0 Å². The third-order valence-electron chi connectivity index (χ3n) is 2.59. The molecule has 1 aromatic rings. The van der Waals surface area contributed by atoms with E-state index >= 15 is 0 Å². The van der Waals surface area contributed by atoms with E-state index in [0.29, 0.717) is 11.3 Å². The summed E-state index contributed by atoms with van der Waals surface area (Å²) in [5.41, 5.74) is 7.66. The average Bonchev–Trinajstić information content (AvgIpc) is 2.39. The summed E-state index contributed by atoms with van der Waals surface area (Å²) in [4.78, 5) is 0. The van der Waals surface area contributed by atoms with Crippen molar-refractivity contribution in [3.05, 3.63) is 23.8 Å². The molecule has 0 aliphatic carbocycles. The third-order valence-corrected chi connectivity index (χ3v) is 2.59. The van der Waals surface area contributed by atoms with Crippen LogP contribution < -0.4 is 11.1 Å². The Balaban J connectivity index is 2.25. The molecule has 1 aromatic carbocycles. The van der Waals surface area contributed by atoms with Crippen LogP contribution in [0.25, 0.3) is 0 Å². The van der Waals surface area contributed by atoms with E-state index in [4.69, 9.17) is 15.7 Å². The maximum Gasteiger partial charge on any atom is 0.101 e. The minimum absolute atomic E-state index is 0.585. The summed E-state index contributed by atoms with van der Waals surface area (Å²) in [6.45, 7) is 4.53. The molecule has 0 saturated heterocycles. The second-order valence-electron chi connectivity index (χ2n) is 4.16. The van der Waals surface area contributed by atoms with E-state index in [1.165, 1.54) is 0 Å². The molecule has 1 rings (SSSR count). The molecule has 0 spiro atoms. The van der Waals surface area contributed by atoms with E-state index in [1.807, 2.05) is 6.07 Å². The summed E-state index contributed by atoms with van der Waals surface area (Å²) < 4.78 is 5.46. The number of nitrogen functional groups attached to an aromatic ring is 1. The fourth-order valence-electron chi connectivity index (χ4n) is 1.55. The summed E-state index contributed by atoms with van der Waals surface area (Å²) in [6.07, 6.45) is 3.21. The number of unbranched alkanes of at least 4 members (excludes halogenated alkanes) is 1. The zero-order chi connectivity index (χ0) is 13.2. The molecular weight excluding hydrogens is 226 g/mol. The number of ether oxygens (including phenoxy) is 1. The smallest absolute Gasteiger partial charge is 0.101 e. The van der Waals surface area contributed by atoms with Crippen molar-refractivity contribution < 1.29 is 4.74 Å². The monoisotopic (exact) mass is 247 g/mol. The van der Waals surface area contributed by atoms with Crippen LogP contribution in [0, 0.1) is 11.3 Å². The fourth-order valence-corrected chi connectivity index (χ4v) is 1.55. The molecular formula is C14H21N3O. The van der Waals surface area contributed by atoms with Gasteiger partial charge in [0.25, 0.3) is 0 Å². The van der Waals surface area contributed by atoms with Crippen molar-refractivity contribution in [2.45, 2.75) is 26.2 Å². The van der Waals surface area contributed by atoms with Gasteiger partial charge in [0.1, 0.15) is 6.07 Å². The lowest BCUT2D eigenvalue weighted by atomic mass is 10.1. The van der Waals surface area contributed by atoms with Crippen LogP contribution in [0.2, 0.25) is 0 Å². The molecule has 0 radical (unpaired) electrons. The van der Waals surface area contributed by atoms with Gasteiger partial charge in [0, 0.05) is 25.4 Å². The lowest BCUT2D eigenvalue weighted by Crippen LogP contribution is -2.07. The Morgan fingerprint density at radius 3 is 2.83 bits per heavy atom. The topological polar surface area (TPSA) is 71.1 Å². The van der Waals surface area contributed by atoms with E-state index < -0.39 is 0 Å². The van der Waals surface area contributed by atoms with Gasteiger partial charge in [-0.2, -0.15) is 5.26 Å². The quantitative estimate of drug-likeness (QED) is 0.547. The third kappa shape index (κ3) is 5.07. The highest BCUT2D eigenvalue weighted by atomic mass is 16.5. The van der Waals surface area contributed by atoms with Crippen LogP contribution in [-0.2, 0) is 4.74 Å². The summed E-state index contributed by atoms with van der Waals surface area (Å²) in [6, 6.07) is 7.44. The zero-order valence-corrected chi connectivity index (χ0v) is 10.9. The van der Waals surface area contributed by atoms with E-state index in [1.54, 1.807) is 12.1 Å². The van der Waals surface area contributed by atoms with Crippen LogP contribution >= 0.6 is 0 Å². The highest BCUT2D eigenvalue weighted by Crippen LogP contribution is 2.17. The Kier molecular flexibility index (Phi) is 6.67. The Bertz CT molecular complexity index is 399. The van der Waals surface area contributed by atoms with Gasteiger partial charge in [0.05, 0.1) is 11.3 Å². The standard InChI is InChI=1S/C14H21N3O/c1-2-3-8-18-9-4-7-17-14-6-5-13(16)10-12(14)11-15/h5-6,10,17H,2-4,7-9,16H2,1H3. The van der Waals surface area contributed by atoms with Crippen LogP contribution in [0.5, 0.6) is 0 Å². The number of hydrogen-bond acceptors (Lipinski definition) is 4. The number of nitrogens with two attached hydrogens (primary N) is 1. The van der Waals surface area contributed by atoms with Gasteiger partial charge in [-0.25, -0.2) is 0 Å². The van der Waals surface area contributed by atoms with Crippen LogP contribution in [0.4, 0.5) is 11.4 Å². The van der Waals surface area contributed by atoms with Gasteiger partial charge in [-0.05, 0) is 31.0 Å². The lowest BCUT2D eigenvalue weighted by Gasteiger charge is -2.09. The van der Waals surface area contributed by atoms with Gasteiger partial charge in [0.15, 0.2) is 0 Å². The Hall–Kier alpha value is -1.73. The second-order valence-corrected chi connectivity index (χ2v) is 4.16. The van der Waals surface area contributed by atoms with E-state index in [2.05, 4.69) is 18.3 Å². The largest absolute Gasteiger partial charge is 0.399 e. The number of nitrogens with one attached hydrogen (secondary N) is 1. The van der Waals surface area contributed by atoms with Crippen molar-refractivity contribution in [1.82, 2.24) is 0 Å². The van der Waals surface area contributed by atoms with Gasteiger partial charge >= 0.3 is 0 Å². The molecule has 18 heavy (non-hydrogen) atoms. The van der Waals surface area contributed by atoms with Gasteiger partial charge in [-0.1, -0.05) is 13.3 Å². The maximum atomic E-state index is 8.97. The Labute approximate surface area is 109 Å². The molecule has 0 bridgehead atoms. The van der Waals surface area contributed by atoms with Crippen molar-refractivity contribution in [3.63, 3.8) is 0 Å². The lowest BCUT2D eigenvalue weighted by molar-refractivity contribution is 0.131. The molecule has 0 amide bonds. The summed E-state index contributed by atoms with van der Waals surface area (Å²) >= 11 is 0. The van der Waals surface area contributed by atoms with Crippen molar-refractivity contribution in [1.29, 1.82) is 5.26 Å². The van der Waals surface area contributed by atoms with E-state index in [9.17, 15) is 0 Å². The molecule has 4 heteroatoms. The summed E-state index contributed by atoms with van der Waals surface area (Å²) in [5, 5.41) is 12.2. The highest BCUT2D eigenvalue weighted by molar-refractivity contribution is 5.62. The summed E-state index contributed by atoms with van der Waals surface area (Å²) in [5.74, 6) is 0. The minimum Gasteiger partial charge on any atom is -0.399 e. The zero-order valence-electron chi connectivity index (χ0n) is 10.9. The summed E-state index contributed by atoms with van der Waals surface area (Å²) in [7, 11) is 0. The van der Waals surface area contributed by atoms with Gasteiger partial charge in [-0.15, -0.1) is 0 Å². The number of benzene rings is 1. The minimum atomic E-state index is 0.585. The predicted octanol–water partition coefficient (Wildman–Crippen LogP) is 2.76. The van der Waals surface area contributed by atoms with Crippen molar-refractivity contribution in [2.75, 3.05) is 30.8 Å². The molecule has 4 nitrogen and oxygen atoms in total. The number of rotatable bonds is 8. The molecule has 0 fully saturated rings. The molecule has 0 aliphatic rings. The number of hydrogen-bond donors (Lipinski definition) is 2. The van der Waals surface area contributed by atoms with Gasteiger partial charge < -0.3 is 15.8 Å². The SMILES string of the molecule is CCCCOCCCNc1ccc(N)cc1C#N. The molecule has 0 unspecified atom stereocenters. The Morgan fingerprint density at radius 2 is 2.11 bits per heavy atom. The first-order chi connectivity index (χ1) is 8.77. The molecule has 0 aliphatic heterocycles. The molecule has 0 saturated carbocycles. The first-order valence-electron chi connectivity index (χ1n) is 6.39. The molecule has 3 N–H and O–H groups in total. The van der Waals surface area contributed by atoms with Crippen molar-refractivity contribution in [3.8, 4) is 6.07 Å². The molecule has 0 aromatic heterocycles. The number of anilines is 2. The first-order valence-corrected chi connectivity index (χ1v) is 6.39. The molecule has 98 valence electrons. The highest BCUT2D eigenvalue weighted by Gasteiger charge is 2.01.